The summed E-state index contributed by atoms with van der Waals surface area (Å²) < 4.78 is 0. The van der Waals surface area contributed by atoms with Crippen LogP contribution in [0.4, 0.5) is 0 Å². The van der Waals surface area contributed by atoms with E-state index < -0.39 is 0 Å². The Balaban J connectivity index is 1.57. The Hall–Kier alpha value is -1.77. The van der Waals surface area contributed by atoms with E-state index in [-0.39, 0.29) is 5.91 Å². The van der Waals surface area contributed by atoms with Crippen molar-refractivity contribution in [1.82, 2.24) is 9.88 Å². The molecule has 1 aliphatic rings. The average Bonchev–Trinajstić information content (AvgIpc) is 2.96. The monoisotopic (exact) mass is 298 g/mol. The summed E-state index contributed by atoms with van der Waals surface area (Å²) in [6.07, 6.45) is 8.30. The van der Waals surface area contributed by atoms with Crippen LogP contribution in [0.25, 0.3) is 10.9 Å². The van der Waals surface area contributed by atoms with Gasteiger partial charge in [0.15, 0.2) is 0 Å². The second-order valence-electron chi connectivity index (χ2n) is 6.78. The van der Waals surface area contributed by atoms with Gasteiger partial charge in [-0.25, -0.2) is 0 Å². The number of H-pyrrole nitrogens is 1. The Morgan fingerprint density at radius 2 is 1.95 bits per heavy atom. The predicted octanol–water partition coefficient (Wildman–Crippen LogP) is 4.14. The van der Waals surface area contributed by atoms with Crippen LogP contribution in [0.2, 0.25) is 0 Å². The van der Waals surface area contributed by atoms with Crippen molar-refractivity contribution >= 4 is 16.8 Å². The van der Waals surface area contributed by atoms with E-state index >= 15 is 0 Å². The van der Waals surface area contributed by atoms with Crippen molar-refractivity contribution in [3.8, 4) is 0 Å². The van der Waals surface area contributed by atoms with Gasteiger partial charge in [0.05, 0.1) is 0 Å². The molecule has 1 fully saturated rings. The van der Waals surface area contributed by atoms with E-state index in [0.29, 0.717) is 12.5 Å². The van der Waals surface area contributed by atoms with Crippen molar-refractivity contribution < 1.29 is 4.79 Å². The SMILES string of the molecule is CC1CCC(N(C)C(=O)CCc2c[nH]c3ccccc23)CC1. The molecule has 22 heavy (non-hydrogen) atoms. The van der Waals surface area contributed by atoms with Gasteiger partial charge in [0, 0.05) is 36.6 Å². The normalized spacial score (nSPS) is 21.9. The number of para-hydroxylation sites is 1. The highest BCUT2D eigenvalue weighted by Gasteiger charge is 2.24. The lowest BCUT2D eigenvalue weighted by molar-refractivity contribution is -0.132. The van der Waals surface area contributed by atoms with Crippen molar-refractivity contribution in [3.63, 3.8) is 0 Å². The van der Waals surface area contributed by atoms with Gasteiger partial charge in [-0.1, -0.05) is 25.1 Å². The maximum absolute atomic E-state index is 12.5. The van der Waals surface area contributed by atoms with Crippen molar-refractivity contribution in [2.45, 2.75) is 51.5 Å². The predicted molar refractivity (Wildman–Crippen MR) is 90.8 cm³/mol. The molecule has 1 aliphatic carbocycles. The molecule has 0 unspecified atom stereocenters. The number of amides is 1. The molecule has 0 bridgehead atoms. The second-order valence-corrected chi connectivity index (χ2v) is 6.78. The molecule has 1 heterocycles. The van der Waals surface area contributed by atoms with Gasteiger partial charge in [0.2, 0.25) is 5.91 Å². The van der Waals surface area contributed by atoms with Crippen molar-refractivity contribution in [1.29, 1.82) is 0 Å². The highest BCUT2D eigenvalue weighted by atomic mass is 16.2. The Bertz CT molecular complexity index is 638. The molecular weight excluding hydrogens is 272 g/mol. The lowest BCUT2D eigenvalue weighted by atomic mass is 9.86. The third-order valence-corrected chi connectivity index (χ3v) is 5.21. The maximum Gasteiger partial charge on any atom is 0.222 e. The number of aromatic amines is 1. The van der Waals surface area contributed by atoms with E-state index in [2.05, 4.69) is 30.1 Å². The van der Waals surface area contributed by atoms with Crippen LogP contribution in [0.1, 0.15) is 44.6 Å². The van der Waals surface area contributed by atoms with Gasteiger partial charge in [-0.05, 0) is 49.7 Å². The van der Waals surface area contributed by atoms with Crippen LogP contribution < -0.4 is 0 Å². The summed E-state index contributed by atoms with van der Waals surface area (Å²) in [7, 11) is 1.98. The minimum atomic E-state index is 0.282. The molecule has 3 heteroatoms. The van der Waals surface area contributed by atoms with Crippen molar-refractivity contribution in [2.75, 3.05) is 7.05 Å². The van der Waals surface area contributed by atoms with Crippen LogP contribution >= 0.6 is 0 Å². The van der Waals surface area contributed by atoms with Gasteiger partial charge in [-0.15, -0.1) is 0 Å². The first-order chi connectivity index (χ1) is 10.6. The number of carbonyl (C=O) groups is 1. The summed E-state index contributed by atoms with van der Waals surface area (Å²) in [5.74, 6) is 1.11. The summed E-state index contributed by atoms with van der Waals surface area (Å²) in [6, 6.07) is 8.74. The van der Waals surface area contributed by atoms with Crippen LogP contribution in [-0.2, 0) is 11.2 Å². The number of rotatable bonds is 4. The summed E-state index contributed by atoms with van der Waals surface area (Å²) in [5, 5.41) is 1.24. The highest BCUT2D eigenvalue weighted by Crippen LogP contribution is 2.27. The molecule has 0 atom stereocenters. The fourth-order valence-corrected chi connectivity index (χ4v) is 3.59. The zero-order chi connectivity index (χ0) is 15.5. The van der Waals surface area contributed by atoms with Crippen molar-refractivity contribution in [3.05, 3.63) is 36.0 Å². The van der Waals surface area contributed by atoms with Crippen molar-refractivity contribution in [2.24, 2.45) is 5.92 Å². The van der Waals surface area contributed by atoms with E-state index in [1.807, 2.05) is 24.2 Å². The summed E-state index contributed by atoms with van der Waals surface area (Å²) in [6.45, 7) is 2.31. The fraction of sp³-hybridized carbons (Fsp3) is 0.526. The first-order valence-corrected chi connectivity index (χ1v) is 8.46. The van der Waals surface area contributed by atoms with E-state index in [1.165, 1.54) is 23.8 Å². The van der Waals surface area contributed by atoms with Gasteiger partial charge >= 0.3 is 0 Å². The number of carbonyl (C=O) groups excluding carboxylic acids is 1. The van der Waals surface area contributed by atoms with Crippen LogP contribution in [0.3, 0.4) is 0 Å². The molecular formula is C19H26N2O. The third kappa shape index (κ3) is 3.18. The zero-order valence-electron chi connectivity index (χ0n) is 13.6. The standard InChI is InChI=1S/C19H26N2O/c1-14-7-10-16(11-8-14)21(2)19(22)12-9-15-13-20-18-6-4-3-5-17(15)18/h3-6,13-14,16,20H,7-12H2,1-2H3. The molecule has 1 saturated carbocycles. The van der Waals surface area contributed by atoms with Gasteiger partial charge in [-0.2, -0.15) is 0 Å². The molecule has 1 amide bonds. The minimum absolute atomic E-state index is 0.282. The Morgan fingerprint density at radius 3 is 2.73 bits per heavy atom. The van der Waals surface area contributed by atoms with Gasteiger partial charge < -0.3 is 9.88 Å². The number of nitrogens with zero attached hydrogens (tertiary/aromatic N) is 1. The first kappa shape index (κ1) is 15.1. The molecule has 0 saturated heterocycles. The summed E-state index contributed by atoms with van der Waals surface area (Å²) >= 11 is 0. The number of aromatic nitrogens is 1. The smallest absolute Gasteiger partial charge is 0.222 e. The molecule has 1 aromatic carbocycles. The number of hydrogen-bond acceptors (Lipinski definition) is 1. The summed E-state index contributed by atoms with van der Waals surface area (Å²) in [4.78, 5) is 17.8. The van der Waals surface area contributed by atoms with Crippen LogP contribution in [0.5, 0.6) is 0 Å². The average molecular weight is 298 g/mol. The number of fused-ring (bicyclic) bond motifs is 1. The Kier molecular flexibility index (Phi) is 4.51. The van der Waals surface area contributed by atoms with Gasteiger partial charge in [0.1, 0.15) is 0 Å². The number of benzene rings is 1. The Morgan fingerprint density at radius 1 is 1.23 bits per heavy atom. The summed E-state index contributed by atoms with van der Waals surface area (Å²) in [5.41, 5.74) is 2.40. The highest BCUT2D eigenvalue weighted by molar-refractivity contribution is 5.84. The molecule has 1 aromatic heterocycles. The van der Waals surface area contributed by atoms with Gasteiger partial charge in [-0.3, -0.25) is 4.79 Å². The topological polar surface area (TPSA) is 36.1 Å². The number of aryl methyl sites for hydroxylation is 1. The molecule has 3 rings (SSSR count). The van der Waals surface area contributed by atoms with Crippen LogP contribution in [0.15, 0.2) is 30.5 Å². The molecule has 2 aromatic rings. The lowest BCUT2D eigenvalue weighted by Crippen LogP contribution is -2.39. The number of hydrogen-bond donors (Lipinski definition) is 1. The second kappa shape index (κ2) is 6.55. The maximum atomic E-state index is 12.5. The largest absolute Gasteiger partial charge is 0.361 e. The van der Waals surface area contributed by atoms with Crippen LogP contribution in [-0.4, -0.2) is 28.9 Å². The van der Waals surface area contributed by atoms with E-state index in [4.69, 9.17) is 0 Å². The molecule has 0 radical (unpaired) electrons. The first-order valence-electron chi connectivity index (χ1n) is 8.46. The molecule has 0 aliphatic heterocycles. The van der Waals surface area contributed by atoms with E-state index in [1.54, 1.807) is 0 Å². The quantitative estimate of drug-likeness (QED) is 0.905. The van der Waals surface area contributed by atoms with Crippen LogP contribution in [0, 0.1) is 5.92 Å². The van der Waals surface area contributed by atoms with E-state index in [0.717, 1.165) is 30.7 Å². The minimum Gasteiger partial charge on any atom is -0.361 e. The van der Waals surface area contributed by atoms with E-state index in [9.17, 15) is 4.79 Å². The zero-order valence-corrected chi connectivity index (χ0v) is 13.6. The third-order valence-electron chi connectivity index (χ3n) is 5.21. The molecule has 0 spiro atoms. The molecule has 1 N–H and O–H groups in total. The fourth-order valence-electron chi connectivity index (χ4n) is 3.59. The molecule has 3 nitrogen and oxygen atoms in total. The molecule has 118 valence electrons. The Labute approximate surface area is 132 Å². The lowest BCUT2D eigenvalue weighted by Gasteiger charge is -2.33. The van der Waals surface area contributed by atoms with Gasteiger partial charge in [0.25, 0.3) is 0 Å². The number of nitrogens with one attached hydrogen (secondary N) is 1.